The van der Waals surface area contributed by atoms with Gasteiger partial charge in [-0.05, 0) is 71.6 Å². The first-order valence-electron chi connectivity index (χ1n) is 12.8. The van der Waals surface area contributed by atoms with Crippen LogP contribution in [0.25, 0.3) is 12.2 Å². The van der Waals surface area contributed by atoms with Crippen LogP contribution in [0.15, 0.2) is 35.4 Å². The molecule has 4 fully saturated rings. The molecule has 4 atom stereocenters. The van der Waals surface area contributed by atoms with Crippen molar-refractivity contribution in [3.63, 3.8) is 0 Å². The number of rotatable bonds is 6. The van der Waals surface area contributed by atoms with E-state index in [0.717, 1.165) is 11.1 Å². The van der Waals surface area contributed by atoms with E-state index in [4.69, 9.17) is 0 Å². The topological polar surface area (TPSA) is 149 Å². The van der Waals surface area contributed by atoms with E-state index in [1.807, 2.05) is 52.0 Å². The molecule has 4 saturated carbocycles. The van der Waals surface area contributed by atoms with Crippen LogP contribution < -0.4 is 103 Å². The van der Waals surface area contributed by atoms with Crippen LogP contribution >= 0.6 is 0 Å². The van der Waals surface area contributed by atoms with Gasteiger partial charge in [-0.1, -0.05) is 52.0 Å². The van der Waals surface area contributed by atoms with Gasteiger partial charge in [-0.3, -0.25) is 9.59 Å². The minimum atomic E-state index is -4.58. The van der Waals surface area contributed by atoms with Gasteiger partial charge in [-0.2, -0.15) is 0 Å². The van der Waals surface area contributed by atoms with E-state index in [1.54, 1.807) is 12.2 Å². The van der Waals surface area contributed by atoms with Crippen molar-refractivity contribution in [1.82, 2.24) is 0 Å². The third-order valence-electron chi connectivity index (χ3n) is 10.5. The third-order valence-corrected chi connectivity index (χ3v) is 12.2. The molecule has 0 N–H and O–H groups in total. The minimum absolute atomic E-state index is 0. The van der Waals surface area contributed by atoms with Gasteiger partial charge in [0.15, 0.2) is 11.6 Å². The molecule has 0 aromatic heterocycles. The Morgan fingerprint density at radius 1 is 0.700 bits per heavy atom. The first kappa shape index (κ1) is 35.6. The summed E-state index contributed by atoms with van der Waals surface area (Å²) in [4.78, 5) is 26.8. The second-order valence-electron chi connectivity index (χ2n) is 12.7. The zero-order chi connectivity index (χ0) is 28.1. The van der Waals surface area contributed by atoms with Gasteiger partial charge in [-0.25, -0.2) is 16.8 Å². The molecule has 206 valence electrons. The normalized spacial score (nSPS) is 33.9. The molecule has 0 saturated heterocycles. The van der Waals surface area contributed by atoms with E-state index in [9.17, 15) is 35.5 Å². The number of fused-ring (bicyclic) bond motifs is 4. The zero-order valence-electron chi connectivity index (χ0n) is 23.9. The first-order valence-corrected chi connectivity index (χ1v) is 16.0. The Morgan fingerprint density at radius 2 is 1.00 bits per heavy atom. The average Bonchev–Trinajstić information content (AvgIpc) is 3.27. The average molecular weight is 639 g/mol. The minimum Gasteiger partial charge on any atom is -0.748 e. The summed E-state index contributed by atoms with van der Waals surface area (Å²) in [5.74, 6) is -2.18. The number of ketones is 2. The summed E-state index contributed by atoms with van der Waals surface area (Å²) < 4.78 is 69.9. The molecule has 0 heterocycles. The maximum atomic E-state index is 13.4. The molecule has 12 heteroatoms. The van der Waals surface area contributed by atoms with Gasteiger partial charge in [-0.15, -0.1) is 0 Å². The SMILES string of the molecule is CC1(C)C2CCC1(CS(=O)(=O)[O-])C(=O)C2=Cc1ccc(C=C2C(=O)C3(CS(=O)(=O)[O-])CCC2C3(C)C)cc1.[K+].[K+]. The van der Waals surface area contributed by atoms with Crippen LogP contribution in [0.4, 0.5) is 0 Å². The van der Waals surface area contributed by atoms with Crippen LogP contribution in [-0.2, 0) is 29.8 Å². The van der Waals surface area contributed by atoms with E-state index >= 15 is 0 Å². The van der Waals surface area contributed by atoms with Crippen LogP contribution in [0.3, 0.4) is 0 Å². The Bertz CT molecular complexity index is 1410. The second-order valence-corrected chi connectivity index (χ2v) is 15.5. The van der Waals surface area contributed by atoms with E-state index in [-0.39, 0.29) is 126 Å². The van der Waals surface area contributed by atoms with Crippen molar-refractivity contribution in [1.29, 1.82) is 0 Å². The van der Waals surface area contributed by atoms with Gasteiger partial charge in [0.25, 0.3) is 0 Å². The van der Waals surface area contributed by atoms with Crippen LogP contribution in [0.1, 0.15) is 64.5 Å². The Kier molecular flexibility index (Phi) is 10.2. The molecule has 40 heavy (non-hydrogen) atoms. The maximum Gasteiger partial charge on any atom is 1.00 e. The van der Waals surface area contributed by atoms with Gasteiger partial charge in [0, 0.05) is 11.1 Å². The second kappa shape index (κ2) is 11.5. The van der Waals surface area contributed by atoms with Crippen molar-refractivity contribution in [2.24, 2.45) is 33.5 Å². The fourth-order valence-corrected chi connectivity index (χ4v) is 10.7. The number of Topliss-reactive ketones (excluding diaryl/α,β-unsaturated/α-hetero) is 2. The molecule has 1 aromatic carbocycles. The van der Waals surface area contributed by atoms with Crippen molar-refractivity contribution in [2.75, 3.05) is 11.5 Å². The van der Waals surface area contributed by atoms with Gasteiger partial charge in [0.05, 0.1) is 42.6 Å². The summed E-state index contributed by atoms with van der Waals surface area (Å²) in [6.07, 6.45) is 5.59. The number of carbonyl (C=O) groups is 2. The smallest absolute Gasteiger partial charge is 0.748 e. The third kappa shape index (κ3) is 5.56. The fourth-order valence-electron chi connectivity index (χ4n) is 8.22. The molecule has 0 spiro atoms. The number of carbonyl (C=O) groups excluding carboxylic acids is 2. The summed E-state index contributed by atoms with van der Waals surface area (Å²) in [7, 11) is -9.17. The van der Waals surface area contributed by atoms with E-state index in [0.29, 0.717) is 36.8 Å². The Labute approximate surface area is 321 Å². The van der Waals surface area contributed by atoms with Crippen molar-refractivity contribution < 1.29 is 138 Å². The van der Waals surface area contributed by atoms with Gasteiger partial charge >= 0.3 is 103 Å². The summed E-state index contributed by atoms with van der Waals surface area (Å²) in [6.45, 7) is 7.45. The number of benzene rings is 1. The summed E-state index contributed by atoms with van der Waals surface area (Å²) in [6, 6.07) is 7.24. The Morgan fingerprint density at radius 3 is 1.27 bits per heavy atom. The summed E-state index contributed by atoms with van der Waals surface area (Å²) in [5.41, 5.74) is -1.10. The first-order chi connectivity index (χ1) is 17.3. The monoisotopic (exact) mass is 638 g/mol. The van der Waals surface area contributed by atoms with Crippen molar-refractivity contribution in [3.8, 4) is 0 Å². The molecule has 0 amide bonds. The summed E-state index contributed by atoms with van der Waals surface area (Å²) in [5, 5.41) is 0. The largest absolute Gasteiger partial charge is 1.00 e. The van der Waals surface area contributed by atoms with Crippen LogP contribution in [0, 0.1) is 33.5 Å². The number of allylic oxidation sites excluding steroid dienone is 2. The predicted molar refractivity (Wildman–Crippen MR) is 139 cm³/mol. The van der Waals surface area contributed by atoms with Crippen LogP contribution in [0.5, 0.6) is 0 Å². The molecule has 8 nitrogen and oxygen atoms in total. The molecule has 4 bridgehead atoms. The summed E-state index contributed by atoms with van der Waals surface area (Å²) >= 11 is 0. The standard InChI is InChI=1S/C28H34O8S2.2K/c1-25(2)21-9-11-27(25,15-37(31,32)33)23(29)19(21)13-17-5-7-18(8-6-17)14-20-22-10-12-28(24(20)30,26(22,3)4)16-38(34,35)36;;/h5-8,13-14,21-22H,9-12,15-16H2,1-4H3,(H,31,32,33)(H,34,35,36);;/q;2*+1/p-2. The molecule has 5 rings (SSSR count). The van der Waals surface area contributed by atoms with Gasteiger partial charge in [0.2, 0.25) is 0 Å². The van der Waals surface area contributed by atoms with Gasteiger partial charge < -0.3 is 9.11 Å². The Balaban J connectivity index is 0.00000220. The quantitative estimate of drug-likeness (QED) is 0.190. The molecule has 0 radical (unpaired) electrons. The van der Waals surface area contributed by atoms with Crippen LogP contribution in [-0.4, -0.2) is 49.0 Å². The van der Waals surface area contributed by atoms with E-state index in [2.05, 4.69) is 0 Å². The van der Waals surface area contributed by atoms with Crippen molar-refractivity contribution >= 4 is 44.0 Å². The zero-order valence-corrected chi connectivity index (χ0v) is 31.8. The van der Waals surface area contributed by atoms with E-state index in [1.165, 1.54) is 0 Å². The fraction of sp³-hybridized carbons (Fsp3) is 0.571. The Hall–Kier alpha value is 1.13. The van der Waals surface area contributed by atoms with Crippen LogP contribution in [0.2, 0.25) is 0 Å². The number of hydrogen-bond acceptors (Lipinski definition) is 8. The van der Waals surface area contributed by atoms with Crippen molar-refractivity contribution in [2.45, 2.75) is 53.4 Å². The molecular weight excluding hydrogens is 607 g/mol. The van der Waals surface area contributed by atoms with E-state index < -0.39 is 53.4 Å². The molecule has 0 aliphatic heterocycles. The predicted octanol–water partition coefficient (Wildman–Crippen LogP) is -2.44. The molecule has 1 aromatic rings. The molecule has 4 unspecified atom stereocenters. The van der Waals surface area contributed by atoms with Crippen molar-refractivity contribution in [3.05, 3.63) is 46.5 Å². The van der Waals surface area contributed by atoms with Gasteiger partial charge in [0.1, 0.15) is 0 Å². The maximum absolute atomic E-state index is 13.4. The molecule has 4 aliphatic carbocycles. The number of hydrogen-bond donors (Lipinski definition) is 0. The molecule has 4 aliphatic rings. The molecular formula is C28H32K2O8S2.